The standard InChI is InChI=1S/C11H9ClO/c1-9-10(5-2-3-8-13)6-4-7-11(9)12/h4,6-8H,3H2,1H3. The molecule has 0 saturated carbocycles. The molecule has 0 radical (unpaired) electrons. The van der Waals surface area contributed by atoms with Crippen molar-refractivity contribution in [2.24, 2.45) is 0 Å². The maximum atomic E-state index is 10.0. The van der Waals surface area contributed by atoms with E-state index < -0.39 is 0 Å². The number of hydrogen-bond donors (Lipinski definition) is 0. The molecule has 0 amide bonds. The van der Waals surface area contributed by atoms with Gasteiger partial charge in [-0.05, 0) is 24.6 Å². The molecule has 0 aliphatic carbocycles. The summed E-state index contributed by atoms with van der Waals surface area (Å²) in [6, 6.07) is 5.56. The number of rotatable bonds is 1. The number of benzene rings is 1. The van der Waals surface area contributed by atoms with E-state index in [0.717, 1.165) is 17.4 Å². The Morgan fingerprint density at radius 3 is 3.00 bits per heavy atom. The average Bonchev–Trinajstić information content (AvgIpc) is 2.13. The Morgan fingerprint density at radius 1 is 1.54 bits per heavy atom. The van der Waals surface area contributed by atoms with Gasteiger partial charge in [0.15, 0.2) is 0 Å². The molecule has 0 atom stereocenters. The summed E-state index contributed by atoms with van der Waals surface area (Å²) in [7, 11) is 0. The second-order valence-corrected chi connectivity index (χ2v) is 2.99. The third-order valence-electron chi connectivity index (χ3n) is 1.68. The number of carbonyl (C=O) groups excluding carboxylic acids is 1. The molecule has 1 nitrogen and oxygen atoms in total. The van der Waals surface area contributed by atoms with Crippen LogP contribution in [-0.4, -0.2) is 6.29 Å². The van der Waals surface area contributed by atoms with Crippen LogP contribution < -0.4 is 0 Å². The van der Waals surface area contributed by atoms with Crippen LogP contribution >= 0.6 is 11.6 Å². The van der Waals surface area contributed by atoms with Crippen LogP contribution in [0, 0.1) is 18.8 Å². The van der Waals surface area contributed by atoms with Gasteiger partial charge in [-0.2, -0.15) is 0 Å². The summed E-state index contributed by atoms with van der Waals surface area (Å²) in [5.41, 5.74) is 1.84. The van der Waals surface area contributed by atoms with E-state index in [2.05, 4.69) is 11.8 Å². The van der Waals surface area contributed by atoms with Crippen molar-refractivity contribution < 1.29 is 4.79 Å². The smallest absolute Gasteiger partial charge is 0.131 e. The Hall–Kier alpha value is -1.26. The van der Waals surface area contributed by atoms with E-state index in [-0.39, 0.29) is 6.42 Å². The van der Waals surface area contributed by atoms with Crippen LogP contribution in [0.15, 0.2) is 18.2 Å². The molecule has 0 saturated heterocycles. The molecule has 0 aliphatic heterocycles. The fourth-order valence-corrected chi connectivity index (χ4v) is 1.11. The normalized spacial score (nSPS) is 8.77. The first-order chi connectivity index (χ1) is 6.25. The molecule has 0 heterocycles. The van der Waals surface area contributed by atoms with Crippen molar-refractivity contribution in [1.29, 1.82) is 0 Å². The molecule has 0 bridgehead atoms. The number of halogens is 1. The molecule has 13 heavy (non-hydrogen) atoms. The summed E-state index contributed by atoms with van der Waals surface area (Å²) in [6.45, 7) is 1.91. The summed E-state index contributed by atoms with van der Waals surface area (Å²) in [4.78, 5) is 10.0. The highest BCUT2D eigenvalue weighted by Gasteiger charge is 1.97. The molecular formula is C11H9ClO. The largest absolute Gasteiger partial charge is 0.302 e. The molecule has 2 heteroatoms. The highest BCUT2D eigenvalue weighted by Crippen LogP contribution is 2.17. The predicted octanol–water partition coefficient (Wildman–Crippen LogP) is 2.59. The zero-order chi connectivity index (χ0) is 9.68. The van der Waals surface area contributed by atoms with E-state index in [9.17, 15) is 4.79 Å². The van der Waals surface area contributed by atoms with Gasteiger partial charge in [-0.15, -0.1) is 0 Å². The van der Waals surface area contributed by atoms with Gasteiger partial charge in [0, 0.05) is 10.6 Å². The van der Waals surface area contributed by atoms with Crippen LogP contribution in [0.2, 0.25) is 5.02 Å². The number of hydrogen-bond acceptors (Lipinski definition) is 1. The van der Waals surface area contributed by atoms with Crippen molar-refractivity contribution >= 4 is 17.9 Å². The molecule has 0 unspecified atom stereocenters. The van der Waals surface area contributed by atoms with E-state index in [1.165, 1.54) is 0 Å². The SMILES string of the molecule is Cc1c(Cl)cccc1C#CCC=O. The molecule has 0 N–H and O–H groups in total. The van der Waals surface area contributed by atoms with E-state index in [0.29, 0.717) is 5.02 Å². The fraction of sp³-hybridized carbons (Fsp3) is 0.182. The minimum absolute atomic E-state index is 0.270. The summed E-state index contributed by atoms with van der Waals surface area (Å²) in [5, 5.41) is 0.706. The molecule has 1 aromatic rings. The van der Waals surface area contributed by atoms with Gasteiger partial charge in [0.1, 0.15) is 6.29 Å². The zero-order valence-electron chi connectivity index (χ0n) is 7.30. The van der Waals surface area contributed by atoms with Crippen LogP contribution in [-0.2, 0) is 4.79 Å². The second kappa shape index (κ2) is 4.69. The molecule has 1 rings (SSSR count). The minimum atomic E-state index is 0.270. The van der Waals surface area contributed by atoms with E-state index in [1.807, 2.05) is 25.1 Å². The molecule has 0 aliphatic rings. The van der Waals surface area contributed by atoms with E-state index >= 15 is 0 Å². The van der Waals surface area contributed by atoms with Gasteiger partial charge < -0.3 is 4.79 Å². The van der Waals surface area contributed by atoms with E-state index in [4.69, 9.17) is 11.6 Å². The number of aldehydes is 1. The van der Waals surface area contributed by atoms with Crippen LogP contribution in [0.25, 0.3) is 0 Å². The Balaban J connectivity index is 2.97. The van der Waals surface area contributed by atoms with Crippen LogP contribution in [0.3, 0.4) is 0 Å². The average molecular weight is 193 g/mol. The lowest BCUT2D eigenvalue weighted by Crippen LogP contribution is -1.82. The molecule has 66 valence electrons. The van der Waals surface area contributed by atoms with Crippen molar-refractivity contribution in [3.8, 4) is 11.8 Å². The van der Waals surface area contributed by atoms with Gasteiger partial charge in [-0.3, -0.25) is 0 Å². The first-order valence-electron chi connectivity index (χ1n) is 3.93. The third-order valence-corrected chi connectivity index (χ3v) is 2.09. The summed E-state index contributed by atoms with van der Waals surface area (Å²) in [6.07, 6.45) is 1.05. The lowest BCUT2D eigenvalue weighted by molar-refractivity contribution is -0.107. The first-order valence-corrected chi connectivity index (χ1v) is 4.31. The van der Waals surface area contributed by atoms with Crippen LogP contribution in [0.4, 0.5) is 0 Å². The van der Waals surface area contributed by atoms with E-state index in [1.54, 1.807) is 0 Å². The third kappa shape index (κ3) is 2.61. The molecule has 0 spiro atoms. The fourth-order valence-electron chi connectivity index (χ4n) is 0.931. The topological polar surface area (TPSA) is 17.1 Å². The second-order valence-electron chi connectivity index (χ2n) is 2.58. The summed E-state index contributed by atoms with van der Waals surface area (Å²) >= 11 is 5.89. The van der Waals surface area contributed by atoms with Crippen molar-refractivity contribution in [2.45, 2.75) is 13.3 Å². The lowest BCUT2D eigenvalue weighted by Gasteiger charge is -1.98. The Kier molecular flexibility index (Phi) is 3.54. The Morgan fingerprint density at radius 2 is 2.31 bits per heavy atom. The van der Waals surface area contributed by atoms with Gasteiger partial charge in [-0.25, -0.2) is 0 Å². The highest BCUT2D eigenvalue weighted by atomic mass is 35.5. The van der Waals surface area contributed by atoms with Crippen LogP contribution in [0.1, 0.15) is 17.5 Å². The monoisotopic (exact) mass is 192 g/mol. The van der Waals surface area contributed by atoms with Crippen molar-refractivity contribution in [3.63, 3.8) is 0 Å². The lowest BCUT2D eigenvalue weighted by atomic mass is 10.1. The summed E-state index contributed by atoms with van der Waals surface area (Å²) in [5.74, 6) is 5.63. The van der Waals surface area contributed by atoms with Crippen molar-refractivity contribution in [3.05, 3.63) is 34.3 Å². The molecule has 0 aromatic heterocycles. The van der Waals surface area contributed by atoms with Crippen LogP contribution in [0.5, 0.6) is 0 Å². The van der Waals surface area contributed by atoms with Crippen molar-refractivity contribution in [2.75, 3.05) is 0 Å². The highest BCUT2D eigenvalue weighted by molar-refractivity contribution is 6.31. The minimum Gasteiger partial charge on any atom is -0.302 e. The number of carbonyl (C=O) groups is 1. The zero-order valence-corrected chi connectivity index (χ0v) is 8.06. The maximum Gasteiger partial charge on any atom is 0.131 e. The Labute approximate surface area is 82.7 Å². The summed E-state index contributed by atoms with van der Waals surface area (Å²) < 4.78 is 0. The van der Waals surface area contributed by atoms with Gasteiger partial charge in [0.05, 0.1) is 6.42 Å². The van der Waals surface area contributed by atoms with Gasteiger partial charge in [0.25, 0.3) is 0 Å². The van der Waals surface area contributed by atoms with Gasteiger partial charge in [0.2, 0.25) is 0 Å². The van der Waals surface area contributed by atoms with Crippen molar-refractivity contribution in [1.82, 2.24) is 0 Å². The molecule has 0 fully saturated rings. The first kappa shape index (κ1) is 9.83. The molecule has 1 aromatic carbocycles. The maximum absolute atomic E-state index is 10.0. The van der Waals surface area contributed by atoms with Gasteiger partial charge >= 0.3 is 0 Å². The molecular weight excluding hydrogens is 184 g/mol. The predicted molar refractivity (Wildman–Crippen MR) is 53.7 cm³/mol. The quantitative estimate of drug-likeness (QED) is 0.494. The Bertz CT molecular complexity index is 371. The van der Waals surface area contributed by atoms with Gasteiger partial charge in [-0.1, -0.05) is 29.5 Å².